The second-order valence-electron chi connectivity index (χ2n) is 4.82. The number of halogens is 1. The third kappa shape index (κ3) is 4.01. The average Bonchev–Trinajstić information content (AvgIpc) is 2.48. The molecule has 0 aliphatic carbocycles. The van der Waals surface area contributed by atoms with Crippen molar-refractivity contribution in [3.05, 3.63) is 52.5 Å². The number of anilines is 1. The smallest absolute Gasteiger partial charge is 0.259 e. The van der Waals surface area contributed by atoms with E-state index in [0.717, 1.165) is 5.56 Å². The summed E-state index contributed by atoms with van der Waals surface area (Å²) in [6.07, 6.45) is 0. The van der Waals surface area contributed by atoms with Crippen LogP contribution < -0.4 is 15.2 Å². The minimum atomic E-state index is -3.92. The van der Waals surface area contributed by atoms with Crippen LogP contribution in [0.4, 0.5) is 5.69 Å². The molecule has 0 aliphatic heterocycles. The Hall–Kier alpha value is -2.09. The Morgan fingerprint density at radius 3 is 2.48 bits per heavy atom. The van der Waals surface area contributed by atoms with Gasteiger partial charge in [0.15, 0.2) is 0 Å². The molecule has 2 aromatic carbocycles. The molecule has 2 aromatic rings. The lowest BCUT2D eigenvalue weighted by atomic mass is 10.1. The summed E-state index contributed by atoms with van der Waals surface area (Å²) < 4.78 is 28.0. The van der Waals surface area contributed by atoms with Crippen molar-refractivity contribution in [2.45, 2.75) is 11.8 Å². The second-order valence-corrected chi connectivity index (χ2v) is 6.82. The quantitative estimate of drug-likeness (QED) is 0.881. The number of carbonyl (C=O) groups excluding carboxylic acids is 1. The Kier molecular flexibility index (Phi) is 4.93. The number of methoxy groups -OCH3 is 1. The van der Waals surface area contributed by atoms with E-state index in [9.17, 15) is 13.2 Å². The summed E-state index contributed by atoms with van der Waals surface area (Å²) in [5.74, 6) is -0.278. The van der Waals surface area contributed by atoms with Crippen molar-refractivity contribution in [2.75, 3.05) is 12.4 Å². The van der Waals surface area contributed by atoms with Crippen LogP contribution in [0.5, 0.6) is 5.75 Å². The van der Waals surface area contributed by atoms with Crippen LogP contribution in [0, 0.1) is 6.92 Å². The van der Waals surface area contributed by atoms with Crippen molar-refractivity contribution in [3.8, 4) is 5.75 Å². The Morgan fingerprint density at radius 1 is 1.22 bits per heavy atom. The second kappa shape index (κ2) is 6.57. The number of nitrogens with two attached hydrogens (primary N) is 1. The van der Waals surface area contributed by atoms with Crippen LogP contribution in [0.1, 0.15) is 15.9 Å². The van der Waals surface area contributed by atoms with Crippen molar-refractivity contribution in [3.63, 3.8) is 0 Å². The number of nitrogens with one attached hydrogen (secondary N) is 1. The van der Waals surface area contributed by atoms with Crippen LogP contribution in [0.3, 0.4) is 0 Å². The van der Waals surface area contributed by atoms with Gasteiger partial charge in [-0.25, -0.2) is 13.6 Å². The zero-order chi connectivity index (χ0) is 17.2. The van der Waals surface area contributed by atoms with Crippen LogP contribution in [-0.4, -0.2) is 21.4 Å². The molecule has 6 nitrogen and oxygen atoms in total. The molecule has 122 valence electrons. The molecule has 0 aliphatic rings. The maximum atomic E-state index is 12.5. The Morgan fingerprint density at radius 2 is 1.91 bits per heavy atom. The maximum absolute atomic E-state index is 12.5. The molecule has 8 heteroatoms. The van der Waals surface area contributed by atoms with Gasteiger partial charge in [-0.15, -0.1) is 0 Å². The fraction of sp³-hybridized carbons (Fsp3) is 0.133. The number of hydrogen-bond acceptors (Lipinski definition) is 4. The van der Waals surface area contributed by atoms with E-state index in [-0.39, 0.29) is 16.2 Å². The lowest BCUT2D eigenvalue weighted by Crippen LogP contribution is -2.17. The van der Waals surface area contributed by atoms with E-state index in [0.29, 0.717) is 10.7 Å². The highest BCUT2D eigenvalue weighted by atomic mass is 35.5. The van der Waals surface area contributed by atoms with Gasteiger partial charge in [0.1, 0.15) is 5.75 Å². The SMILES string of the molecule is COc1ccc(S(N)(=O)=O)cc1C(=O)Nc1ccc(Cl)cc1C. The summed E-state index contributed by atoms with van der Waals surface area (Å²) in [6, 6.07) is 8.83. The van der Waals surface area contributed by atoms with Crippen LogP contribution >= 0.6 is 11.6 Å². The highest BCUT2D eigenvalue weighted by Crippen LogP contribution is 2.25. The van der Waals surface area contributed by atoms with Gasteiger partial charge < -0.3 is 10.1 Å². The number of primary sulfonamides is 1. The molecule has 0 saturated heterocycles. The molecule has 0 heterocycles. The van der Waals surface area contributed by atoms with Gasteiger partial charge in [0.25, 0.3) is 5.91 Å². The molecule has 23 heavy (non-hydrogen) atoms. The van der Waals surface area contributed by atoms with E-state index in [1.807, 2.05) is 0 Å². The van der Waals surface area contributed by atoms with Gasteiger partial charge >= 0.3 is 0 Å². The topological polar surface area (TPSA) is 98.5 Å². The lowest BCUT2D eigenvalue weighted by molar-refractivity contribution is 0.102. The zero-order valence-electron chi connectivity index (χ0n) is 12.5. The molecule has 0 spiro atoms. The Bertz CT molecular complexity index is 866. The van der Waals surface area contributed by atoms with Crippen molar-refractivity contribution >= 4 is 33.2 Å². The largest absolute Gasteiger partial charge is 0.496 e. The number of aryl methyl sites for hydroxylation is 1. The third-order valence-corrected chi connectivity index (χ3v) is 4.33. The fourth-order valence-corrected chi connectivity index (χ4v) is 2.76. The molecule has 0 aromatic heterocycles. The number of ether oxygens (including phenoxy) is 1. The van der Waals surface area contributed by atoms with Crippen molar-refractivity contribution in [2.24, 2.45) is 5.14 Å². The first kappa shape index (κ1) is 17.3. The van der Waals surface area contributed by atoms with Crippen LogP contribution in [0.25, 0.3) is 0 Å². The van der Waals surface area contributed by atoms with Gasteiger partial charge in [0.2, 0.25) is 10.0 Å². The lowest BCUT2D eigenvalue weighted by Gasteiger charge is -2.12. The van der Waals surface area contributed by atoms with Crippen LogP contribution in [0.15, 0.2) is 41.3 Å². The summed E-state index contributed by atoms with van der Waals surface area (Å²) >= 11 is 5.88. The van der Waals surface area contributed by atoms with E-state index < -0.39 is 15.9 Å². The molecule has 0 radical (unpaired) electrons. The first-order valence-electron chi connectivity index (χ1n) is 6.50. The van der Waals surface area contributed by atoms with Crippen molar-refractivity contribution < 1.29 is 17.9 Å². The highest BCUT2D eigenvalue weighted by molar-refractivity contribution is 7.89. The first-order valence-corrected chi connectivity index (χ1v) is 8.43. The van der Waals surface area contributed by atoms with Crippen molar-refractivity contribution in [1.29, 1.82) is 0 Å². The van der Waals surface area contributed by atoms with Crippen LogP contribution in [0.2, 0.25) is 5.02 Å². The number of rotatable bonds is 4. The average molecular weight is 355 g/mol. The van der Waals surface area contributed by atoms with E-state index in [4.69, 9.17) is 21.5 Å². The summed E-state index contributed by atoms with van der Waals surface area (Å²) in [5.41, 5.74) is 1.39. The van der Waals surface area contributed by atoms with E-state index >= 15 is 0 Å². The van der Waals surface area contributed by atoms with Gasteiger partial charge in [-0.2, -0.15) is 0 Å². The molecule has 1 amide bonds. The molecular weight excluding hydrogens is 340 g/mol. The molecule has 0 bridgehead atoms. The molecule has 0 unspecified atom stereocenters. The van der Waals surface area contributed by atoms with Gasteiger partial charge in [0, 0.05) is 10.7 Å². The molecule has 0 fully saturated rings. The monoisotopic (exact) mass is 354 g/mol. The molecule has 2 rings (SSSR count). The number of benzene rings is 2. The summed E-state index contributed by atoms with van der Waals surface area (Å²) in [7, 11) is -2.54. The van der Waals surface area contributed by atoms with Gasteiger partial charge in [0.05, 0.1) is 17.6 Å². The predicted molar refractivity (Wildman–Crippen MR) is 88.5 cm³/mol. The summed E-state index contributed by atoms with van der Waals surface area (Å²) in [4.78, 5) is 12.3. The number of carbonyl (C=O) groups is 1. The summed E-state index contributed by atoms with van der Waals surface area (Å²) in [5, 5.41) is 8.34. The van der Waals surface area contributed by atoms with E-state index in [2.05, 4.69) is 5.32 Å². The minimum absolute atomic E-state index is 0.0633. The zero-order valence-corrected chi connectivity index (χ0v) is 14.0. The number of amides is 1. The van der Waals surface area contributed by atoms with Gasteiger partial charge in [-0.3, -0.25) is 4.79 Å². The normalized spacial score (nSPS) is 11.1. The van der Waals surface area contributed by atoms with Gasteiger partial charge in [-0.1, -0.05) is 11.6 Å². The Labute approximate surface area is 139 Å². The highest BCUT2D eigenvalue weighted by Gasteiger charge is 2.18. The standard InChI is InChI=1S/C15H15ClN2O4S/c1-9-7-10(16)3-5-13(9)18-15(19)12-8-11(23(17,20)21)4-6-14(12)22-2/h3-8H,1-2H3,(H,18,19)(H2,17,20,21). The Balaban J connectivity index is 2.41. The minimum Gasteiger partial charge on any atom is -0.496 e. The number of sulfonamides is 1. The van der Waals surface area contributed by atoms with E-state index in [1.165, 1.54) is 25.3 Å². The molecular formula is C15H15ClN2O4S. The van der Waals surface area contributed by atoms with Crippen molar-refractivity contribution in [1.82, 2.24) is 0 Å². The summed E-state index contributed by atoms with van der Waals surface area (Å²) in [6.45, 7) is 1.79. The third-order valence-electron chi connectivity index (χ3n) is 3.18. The van der Waals surface area contributed by atoms with E-state index in [1.54, 1.807) is 25.1 Å². The molecule has 3 N–H and O–H groups in total. The number of hydrogen-bond donors (Lipinski definition) is 2. The van der Waals surface area contributed by atoms with Crippen LogP contribution in [-0.2, 0) is 10.0 Å². The maximum Gasteiger partial charge on any atom is 0.259 e. The first-order chi connectivity index (χ1) is 10.7. The fourth-order valence-electron chi connectivity index (χ4n) is 2.00. The molecule has 0 saturated carbocycles. The van der Waals surface area contributed by atoms with Gasteiger partial charge in [-0.05, 0) is 48.9 Å². The molecule has 0 atom stereocenters. The predicted octanol–water partition coefficient (Wildman–Crippen LogP) is 2.56.